The van der Waals surface area contributed by atoms with Crippen molar-refractivity contribution in [3.8, 4) is 0 Å². The number of hydrogen-bond donors (Lipinski definition) is 5. The van der Waals surface area contributed by atoms with Crippen molar-refractivity contribution >= 4 is 40.9 Å². The lowest BCUT2D eigenvalue weighted by Gasteiger charge is -2.11. The second kappa shape index (κ2) is 16.6. The average Bonchev–Trinajstić information content (AvgIpc) is 2.82. The Morgan fingerprint density at radius 3 is 1.69 bits per heavy atom. The van der Waals surface area contributed by atoms with E-state index in [1.54, 1.807) is 32.9 Å². The predicted molar refractivity (Wildman–Crippen MR) is 145 cm³/mol. The number of carbonyl (C=O) groups is 2. The minimum atomic E-state index is -0.163. The summed E-state index contributed by atoms with van der Waals surface area (Å²) in [5.74, 6) is -0.568. The van der Waals surface area contributed by atoms with Crippen LogP contribution in [0, 0.1) is 0 Å². The molecule has 9 N–H and O–H groups in total. The third kappa shape index (κ3) is 13.1. The molecule has 12 heteroatoms. The van der Waals surface area contributed by atoms with Gasteiger partial charge >= 0.3 is 5.97 Å². The Morgan fingerprint density at radius 1 is 0.750 bits per heavy atom. The van der Waals surface area contributed by atoms with Gasteiger partial charge in [0.05, 0.1) is 18.0 Å². The number of esters is 1. The molecule has 0 aliphatic rings. The van der Waals surface area contributed by atoms with Crippen molar-refractivity contribution in [2.24, 2.45) is 43.3 Å². The summed E-state index contributed by atoms with van der Waals surface area (Å²) in [4.78, 5) is 23.9. The van der Waals surface area contributed by atoms with Crippen molar-refractivity contribution in [1.82, 2.24) is 0 Å². The number of anilines is 1. The van der Waals surface area contributed by atoms with Crippen LogP contribution in [0.1, 0.15) is 83.3 Å². The van der Waals surface area contributed by atoms with E-state index in [1.807, 2.05) is 6.07 Å². The summed E-state index contributed by atoms with van der Waals surface area (Å²) in [5.41, 5.74) is 24.5. The molecular formula is C24H39N9O3. The first-order valence-electron chi connectivity index (χ1n) is 12.0. The number of nitrogens with zero attached hydrogens (tertiary/aromatic N) is 4. The van der Waals surface area contributed by atoms with Gasteiger partial charge in [0.15, 0.2) is 0 Å². The molecule has 1 amide bonds. The minimum absolute atomic E-state index is 0.0990. The van der Waals surface area contributed by atoms with E-state index in [1.165, 1.54) is 0 Å². The molecular weight excluding hydrogens is 462 g/mol. The largest absolute Gasteiger partial charge is 0.466 e. The Labute approximate surface area is 212 Å². The van der Waals surface area contributed by atoms with Crippen LogP contribution in [0.2, 0.25) is 0 Å². The summed E-state index contributed by atoms with van der Waals surface area (Å²) >= 11 is 0. The van der Waals surface area contributed by atoms with Gasteiger partial charge in [0.1, 0.15) is 0 Å². The third-order valence-corrected chi connectivity index (χ3v) is 5.02. The number of hydrogen-bond acceptors (Lipinski definition) is 7. The summed E-state index contributed by atoms with van der Waals surface area (Å²) < 4.78 is 4.92. The number of benzene rings is 1. The zero-order chi connectivity index (χ0) is 26.9. The normalized spacial score (nSPS) is 11.5. The highest BCUT2D eigenvalue weighted by molar-refractivity contribution is 6.06. The zero-order valence-electron chi connectivity index (χ0n) is 21.4. The quantitative estimate of drug-likeness (QED) is 0.0795. The molecule has 0 aliphatic heterocycles. The molecule has 12 nitrogen and oxygen atoms in total. The molecule has 0 heterocycles. The van der Waals surface area contributed by atoms with Crippen LogP contribution >= 0.6 is 0 Å². The lowest BCUT2D eigenvalue weighted by atomic mass is 10.0. The Morgan fingerprint density at radius 2 is 1.22 bits per heavy atom. The van der Waals surface area contributed by atoms with Crippen LogP contribution in [0.3, 0.4) is 0 Å². The van der Waals surface area contributed by atoms with E-state index >= 15 is 0 Å². The van der Waals surface area contributed by atoms with Crippen molar-refractivity contribution in [2.45, 2.75) is 72.1 Å². The second-order valence-electron chi connectivity index (χ2n) is 8.19. The Kier molecular flexibility index (Phi) is 13.9. The highest BCUT2D eigenvalue weighted by Crippen LogP contribution is 2.18. The molecule has 0 aromatic heterocycles. The molecule has 0 fully saturated rings. The Hall–Kier alpha value is -3.96. The van der Waals surface area contributed by atoms with E-state index in [4.69, 9.17) is 27.7 Å². The van der Waals surface area contributed by atoms with Gasteiger partial charge in [-0.3, -0.25) is 9.59 Å². The number of unbranched alkanes of at least 4 members (excludes halogenated alkanes) is 5. The van der Waals surface area contributed by atoms with E-state index in [-0.39, 0.29) is 23.8 Å². The van der Waals surface area contributed by atoms with Crippen molar-refractivity contribution in [1.29, 1.82) is 0 Å². The van der Waals surface area contributed by atoms with Gasteiger partial charge in [0.25, 0.3) is 0 Å². The number of nitrogens with two attached hydrogens (primary N) is 4. The molecule has 0 aliphatic carbocycles. The minimum Gasteiger partial charge on any atom is -0.466 e. The number of amides is 1. The van der Waals surface area contributed by atoms with Gasteiger partial charge in [-0.05, 0) is 51.8 Å². The average molecular weight is 502 g/mol. The van der Waals surface area contributed by atoms with Crippen molar-refractivity contribution < 1.29 is 14.3 Å². The first-order valence-corrected chi connectivity index (χ1v) is 12.0. The summed E-state index contributed by atoms with van der Waals surface area (Å²) in [5, 5.41) is 18.3. The fourth-order valence-corrected chi connectivity index (χ4v) is 3.22. The maximum Gasteiger partial charge on any atom is 0.305 e. The van der Waals surface area contributed by atoms with E-state index in [0.29, 0.717) is 47.7 Å². The van der Waals surface area contributed by atoms with E-state index in [9.17, 15) is 9.59 Å². The molecule has 0 bridgehead atoms. The molecule has 198 valence electrons. The molecule has 1 aromatic carbocycles. The topological polar surface area (TPSA) is 209 Å². The zero-order valence-corrected chi connectivity index (χ0v) is 21.4. The highest BCUT2D eigenvalue weighted by Gasteiger charge is 2.10. The van der Waals surface area contributed by atoms with Crippen LogP contribution in [0.5, 0.6) is 0 Å². The molecule has 0 radical (unpaired) electrons. The predicted octanol–water partition coefficient (Wildman–Crippen LogP) is 2.30. The van der Waals surface area contributed by atoms with Gasteiger partial charge in [0, 0.05) is 29.7 Å². The van der Waals surface area contributed by atoms with Crippen LogP contribution < -0.4 is 28.3 Å². The molecule has 0 saturated heterocycles. The number of nitrogens with one attached hydrogen (secondary N) is 1. The molecule has 0 saturated carbocycles. The first kappa shape index (κ1) is 30.1. The van der Waals surface area contributed by atoms with E-state index < -0.39 is 0 Å². The van der Waals surface area contributed by atoms with E-state index in [0.717, 1.165) is 38.5 Å². The van der Waals surface area contributed by atoms with Crippen molar-refractivity contribution in [3.05, 3.63) is 29.3 Å². The maximum absolute atomic E-state index is 12.5. The van der Waals surface area contributed by atoms with Gasteiger partial charge in [0.2, 0.25) is 17.8 Å². The molecule has 0 spiro atoms. The standard InChI is InChI=1S/C24H39N9O3/c1-4-36-22(35)12-10-8-6-5-7-9-11-21(34)29-20-14-18(16(2)30-32-23(25)26)13-19(15-20)17(3)31-33-24(27)28/h13-15H,4-12H2,1-3H3,(H,29,34)(H4,25,26,32)(H4,27,28,33)/b30-16+,31-17+. The molecule has 0 atom stereocenters. The molecule has 36 heavy (non-hydrogen) atoms. The summed E-state index contributed by atoms with van der Waals surface area (Å²) in [7, 11) is 0. The third-order valence-electron chi connectivity index (χ3n) is 5.02. The summed E-state index contributed by atoms with van der Waals surface area (Å²) in [6.07, 6.45) is 6.40. The maximum atomic E-state index is 12.5. The second-order valence-corrected chi connectivity index (χ2v) is 8.19. The van der Waals surface area contributed by atoms with Gasteiger partial charge in [-0.25, -0.2) is 0 Å². The van der Waals surface area contributed by atoms with Crippen LogP contribution in [-0.4, -0.2) is 41.8 Å². The molecule has 1 rings (SSSR count). The Bertz CT molecular complexity index is 940. The number of guanidine groups is 2. The van der Waals surface area contributed by atoms with Crippen LogP contribution in [0.15, 0.2) is 38.6 Å². The number of rotatable bonds is 15. The van der Waals surface area contributed by atoms with Gasteiger partial charge in [-0.15, -0.1) is 10.2 Å². The van der Waals surface area contributed by atoms with Crippen LogP contribution in [-0.2, 0) is 14.3 Å². The summed E-state index contributed by atoms with van der Waals surface area (Å²) in [6, 6.07) is 5.37. The monoisotopic (exact) mass is 501 g/mol. The summed E-state index contributed by atoms with van der Waals surface area (Å²) in [6.45, 7) is 5.71. The SMILES string of the molecule is CCOC(=O)CCCCCCCCC(=O)Nc1cc(/C(C)=N/N=C(N)N)cc(/C(C)=N/N=C(N)N)c1. The number of ether oxygens (including phenoxy) is 1. The highest BCUT2D eigenvalue weighted by atomic mass is 16.5. The lowest BCUT2D eigenvalue weighted by Crippen LogP contribution is -2.22. The molecule has 1 aromatic rings. The van der Waals surface area contributed by atoms with E-state index in [2.05, 4.69) is 25.7 Å². The van der Waals surface area contributed by atoms with Gasteiger partial charge < -0.3 is 33.0 Å². The smallest absolute Gasteiger partial charge is 0.305 e. The first-order chi connectivity index (χ1) is 17.1. The number of carbonyl (C=O) groups excluding carboxylic acids is 2. The van der Waals surface area contributed by atoms with Crippen molar-refractivity contribution in [3.63, 3.8) is 0 Å². The van der Waals surface area contributed by atoms with Crippen LogP contribution in [0.25, 0.3) is 0 Å². The van der Waals surface area contributed by atoms with Gasteiger partial charge in [-0.1, -0.05) is 25.7 Å². The van der Waals surface area contributed by atoms with Gasteiger partial charge in [-0.2, -0.15) is 10.2 Å². The molecule has 0 unspecified atom stereocenters. The fraction of sp³-hybridized carbons (Fsp3) is 0.500. The lowest BCUT2D eigenvalue weighted by molar-refractivity contribution is -0.143. The van der Waals surface area contributed by atoms with Crippen LogP contribution in [0.4, 0.5) is 5.69 Å². The Balaban J connectivity index is 2.73. The van der Waals surface area contributed by atoms with Crippen molar-refractivity contribution in [2.75, 3.05) is 11.9 Å². The fourth-order valence-electron chi connectivity index (χ4n) is 3.22.